The molecule has 2 aromatic carbocycles. The van der Waals surface area contributed by atoms with Crippen molar-refractivity contribution in [3.63, 3.8) is 0 Å². The predicted molar refractivity (Wildman–Crippen MR) is 160 cm³/mol. The van der Waals surface area contributed by atoms with Gasteiger partial charge in [0.05, 0.1) is 0 Å². The van der Waals surface area contributed by atoms with Crippen molar-refractivity contribution in [3.8, 4) is 0 Å². The summed E-state index contributed by atoms with van der Waals surface area (Å²) in [6.07, 6.45) is 7.24. The van der Waals surface area contributed by atoms with Gasteiger partial charge in [0.2, 0.25) is 11.9 Å². The molecular weight excluding hydrogens is 512 g/mol. The van der Waals surface area contributed by atoms with Crippen LogP contribution in [0, 0.1) is 12.8 Å². The molecule has 1 aliphatic carbocycles. The first-order chi connectivity index (χ1) is 20.1. The van der Waals surface area contributed by atoms with E-state index in [1.807, 2.05) is 0 Å². The fourth-order valence-electron chi connectivity index (χ4n) is 7.56. The van der Waals surface area contributed by atoms with Gasteiger partial charge in [-0.05, 0) is 56.4 Å². The first kappa shape index (κ1) is 26.5. The number of fused-ring (bicyclic) bond motifs is 6. The Hall–Kier alpha value is -3.43. The number of benzene rings is 2. The third-order valence-corrected chi connectivity index (χ3v) is 9.60. The number of nitrogens with zero attached hydrogens (tertiary/aromatic N) is 6. The summed E-state index contributed by atoms with van der Waals surface area (Å²) >= 11 is 0. The maximum Gasteiger partial charge on any atom is 0.243 e. The second kappa shape index (κ2) is 11.1. The molecule has 2 saturated heterocycles. The van der Waals surface area contributed by atoms with E-state index in [-0.39, 0.29) is 18.2 Å². The van der Waals surface area contributed by atoms with Crippen molar-refractivity contribution in [1.82, 2.24) is 30.4 Å². The normalized spacial score (nSPS) is 27.4. The van der Waals surface area contributed by atoms with Gasteiger partial charge < -0.3 is 9.80 Å². The number of nitrogens with one attached hydrogen (secondary N) is 2. The Labute approximate surface area is 242 Å². The molecule has 3 fully saturated rings. The van der Waals surface area contributed by atoms with E-state index in [9.17, 15) is 4.79 Å². The average Bonchev–Trinajstić information content (AvgIpc) is 3.63. The molecule has 0 bridgehead atoms. The zero-order chi connectivity index (χ0) is 27.9. The van der Waals surface area contributed by atoms with Crippen LogP contribution in [0.4, 0.5) is 11.6 Å². The largest absolute Gasteiger partial charge is 0.365 e. The lowest BCUT2D eigenvalue weighted by molar-refractivity contribution is -0.132. The van der Waals surface area contributed by atoms with Crippen LogP contribution in [0.1, 0.15) is 74.6 Å². The third-order valence-electron chi connectivity index (χ3n) is 9.60. The van der Waals surface area contributed by atoms with Crippen LogP contribution in [0.3, 0.4) is 0 Å². The minimum atomic E-state index is 0.0573. The van der Waals surface area contributed by atoms with E-state index >= 15 is 0 Å². The fraction of sp³-hybridized carbons (Fsp3) is 0.531. The number of anilines is 2. The van der Waals surface area contributed by atoms with Crippen LogP contribution < -0.4 is 20.7 Å². The quantitative estimate of drug-likeness (QED) is 0.470. The van der Waals surface area contributed by atoms with Crippen molar-refractivity contribution in [2.45, 2.75) is 83.2 Å². The lowest BCUT2D eigenvalue weighted by atomic mass is 9.81. The molecule has 3 aromatic rings. The molecule has 2 N–H and O–H groups in total. The number of hydrogen-bond donors (Lipinski definition) is 2. The lowest BCUT2D eigenvalue weighted by Crippen LogP contribution is -2.54. The highest BCUT2D eigenvalue weighted by atomic mass is 16.2. The van der Waals surface area contributed by atoms with Crippen molar-refractivity contribution in [2.75, 3.05) is 29.5 Å². The molecule has 5 unspecified atom stereocenters. The Bertz CT molecular complexity index is 1380. The number of aromatic nitrogens is 3. The summed E-state index contributed by atoms with van der Waals surface area (Å²) in [6.45, 7) is 6.78. The number of amides is 1. The van der Waals surface area contributed by atoms with Crippen molar-refractivity contribution < 1.29 is 4.79 Å². The highest BCUT2D eigenvalue weighted by Gasteiger charge is 2.48. The molecule has 7 rings (SSSR count). The lowest BCUT2D eigenvalue weighted by Gasteiger charge is -2.44. The molecule has 1 saturated carbocycles. The first-order valence-electron chi connectivity index (χ1n) is 15.5. The maximum atomic E-state index is 13.2. The number of carbonyl (C=O) groups is 1. The summed E-state index contributed by atoms with van der Waals surface area (Å²) in [5.41, 5.74) is 7.44. The molecule has 1 amide bonds. The van der Waals surface area contributed by atoms with E-state index in [1.165, 1.54) is 36.1 Å². The van der Waals surface area contributed by atoms with Gasteiger partial charge in [-0.1, -0.05) is 55.3 Å². The standard InChI is InChI=1S/C32H42N8O/c1-22-10-8-13-25(20-22)38-19-18-37(21-23(38)2)29(41)17-9-16-28-34-35-32-39(28)27-15-7-6-14-26(27)31-33-30(36-40(31)32)24-11-4-3-5-12-24/h3-5,8,10-13,20,23,26-27,30-31,33,36H,6-7,9,14-19,21H2,1-2H3. The Kier molecular flexibility index (Phi) is 7.16. The second-order valence-corrected chi connectivity index (χ2v) is 12.3. The van der Waals surface area contributed by atoms with E-state index in [2.05, 4.69) is 98.6 Å². The SMILES string of the molecule is Cc1cccc(N2CCN(C(=O)CCCc3nnc4n3C3CCCCC3C3NC(c5ccccc5)NN43)CC2C)c1. The van der Waals surface area contributed by atoms with Crippen LogP contribution >= 0.6 is 0 Å². The van der Waals surface area contributed by atoms with Gasteiger partial charge in [-0.25, -0.2) is 5.43 Å². The molecule has 9 heteroatoms. The van der Waals surface area contributed by atoms with Gasteiger partial charge in [0.25, 0.3) is 0 Å². The smallest absolute Gasteiger partial charge is 0.243 e. The van der Waals surface area contributed by atoms with Crippen molar-refractivity contribution >= 4 is 17.5 Å². The van der Waals surface area contributed by atoms with Gasteiger partial charge >= 0.3 is 0 Å². The maximum absolute atomic E-state index is 13.2. The third kappa shape index (κ3) is 4.99. The molecule has 4 aliphatic rings. The van der Waals surface area contributed by atoms with Gasteiger partial charge in [-0.2, -0.15) is 0 Å². The van der Waals surface area contributed by atoms with E-state index in [0.717, 1.165) is 50.7 Å². The Morgan fingerprint density at radius 2 is 1.88 bits per heavy atom. The molecular formula is C32H42N8O. The monoisotopic (exact) mass is 554 g/mol. The minimum absolute atomic E-state index is 0.0573. The first-order valence-corrected chi connectivity index (χ1v) is 15.5. The average molecular weight is 555 g/mol. The molecule has 9 nitrogen and oxygen atoms in total. The Balaban J connectivity index is 1.00. The summed E-state index contributed by atoms with van der Waals surface area (Å²) in [5.74, 6) is 2.68. The number of rotatable bonds is 6. The van der Waals surface area contributed by atoms with Crippen molar-refractivity contribution in [2.24, 2.45) is 5.92 Å². The van der Waals surface area contributed by atoms with Crippen molar-refractivity contribution in [3.05, 3.63) is 71.5 Å². The number of piperazine rings is 1. The summed E-state index contributed by atoms with van der Waals surface area (Å²) < 4.78 is 2.40. The zero-order valence-electron chi connectivity index (χ0n) is 24.2. The van der Waals surface area contributed by atoms with E-state index in [0.29, 0.717) is 24.4 Å². The van der Waals surface area contributed by atoms with Gasteiger partial charge in [-0.3, -0.25) is 19.7 Å². The van der Waals surface area contributed by atoms with Crippen molar-refractivity contribution in [1.29, 1.82) is 0 Å². The van der Waals surface area contributed by atoms with Gasteiger partial charge in [0.1, 0.15) is 18.2 Å². The number of hydrazine groups is 1. The van der Waals surface area contributed by atoms with E-state index in [1.54, 1.807) is 0 Å². The van der Waals surface area contributed by atoms with Crippen LogP contribution in [0.15, 0.2) is 54.6 Å². The molecule has 0 spiro atoms. The van der Waals surface area contributed by atoms with Gasteiger partial charge in [0.15, 0.2) is 0 Å². The molecule has 216 valence electrons. The van der Waals surface area contributed by atoms with E-state index < -0.39 is 0 Å². The van der Waals surface area contributed by atoms with Crippen LogP contribution in [-0.2, 0) is 11.2 Å². The summed E-state index contributed by atoms with van der Waals surface area (Å²) in [6, 6.07) is 19.9. The van der Waals surface area contributed by atoms with E-state index in [4.69, 9.17) is 10.2 Å². The summed E-state index contributed by atoms with van der Waals surface area (Å²) in [4.78, 5) is 17.7. The summed E-state index contributed by atoms with van der Waals surface area (Å²) in [7, 11) is 0. The number of carbonyl (C=O) groups excluding carboxylic acids is 1. The predicted octanol–water partition coefficient (Wildman–Crippen LogP) is 4.33. The molecule has 3 aliphatic heterocycles. The molecule has 1 aromatic heterocycles. The second-order valence-electron chi connectivity index (χ2n) is 12.3. The number of aryl methyl sites for hydroxylation is 2. The van der Waals surface area contributed by atoms with Crippen LogP contribution in [0.5, 0.6) is 0 Å². The molecule has 0 radical (unpaired) electrons. The Morgan fingerprint density at radius 1 is 1.02 bits per heavy atom. The zero-order valence-corrected chi connectivity index (χ0v) is 24.2. The highest BCUT2D eigenvalue weighted by molar-refractivity contribution is 5.76. The van der Waals surface area contributed by atoms with Crippen LogP contribution in [0.2, 0.25) is 0 Å². The topological polar surface area (TPSA) is 81.6 Å². The van der Waals surface area contributed by atoms with Crippen LogP contribution in [0.25, 0.3) is 0 Å². The minimum Gasteiger partial charge on any atom is -0.365 e. The van der Waals surface area contributed by atoms with Crippen LogP contribution in [-0.4, -0.2) is 57.4 Å². The molecule has 5 atom stereocenters. The van der Waals surface area contributed by atoms with Gasteiger partial charge in [0, 0.05) is 56.2 Å². The molecule has 41 heavy (non-hydrogen) atoms. The molecule has 4 heterocycles. The Morgan fingerprint density at radius 3 is 2.71 bits per heavy atom. The van der Waals surface area contributed by atoms with Gasteiger partial charge in [-0.15, -0.1) is 10.2 Å². The highest BCUT2D eigenvalue weighted by Crippen LogP contribution is 2.45. The summed E-state index contributed by atoms with van der Waals surface area (Å²) in [5, 5.41) is 15.5. The number of hydrogen-bond acceptors (Lipinski definition) is 7. The fourth-order valence-corrected chi connectivity index (χ4v) is 7.56.